The van der Waals surface area contributed by atoms with Crippen LogP contribution in [0.2, 0.25) is 0 Å². The van der Waals surface area contributed by atoms with Gasteiger partial charge in [0.05, 0.1) is 13.2 Å². The van der Waals surface area contributed by atoms with Crippen LogP contribution in [0.15, 0.2) is 0 Å². The maximum Gasteiger partial charge on any atom is 0.0594 e. The van der Waals surface area contributed by atoms with Gasteiger partial charge in [-0.2, -0.15) is 0 Å². The molecule has 2 aliphatic rings. The van der Waals surface area contributed by atoms with Crippen LogP contribution in [0.3, 0.4) is 0 Å². The van der Waals surface area contributed by atoms with Crippen LogP contribution in [-0.4, -0.2) is 67.3 Å². The number of rotatable bonds is 3. The number of nitrogens with zero attached hydrogens (tertiary/aromatic N) is 2. The molecular weight excluding hydrogens is 190 g/mol. The van der Waals surface area contributed by atoms with Crippen molar-refractivity contribution in [3.8, 4) is 0 Å². The molecule has 0 radical (unpaired) electrons. The topological polar surface area (TPSA) is 41.7 Å². The summed E-state index contributed by atoms with van der Waals surface area (Å²) in [4.78, 5) is 5.03. The summed E-state index contributed by atoms with van der Waals surface area (Å²) in [6.45, 7) is 11.5. The van der Waals surface area contributed by atoms with E-state index in [1.165, 1.54) is 13.1 Å². The fourth-order valence-electron chi connectivity index (χ4n) is 2.25. The Morgan fingerprint density at radius 1 is 1.27 bits per heavy atom. The molecule has 0 amide bonds. The van der Waals surface area contributed by atoms with Crippen LogP contribution < -0.4 is 5.73 Å². The fraction of sp³-hybridized carbons (Fsp3) is 1.00. The molecule has 0 bridgehead atoms. The molecule has 0 unspecified atom stereocenters. The third kappa shape index (κ3) is 2.33. The Bertz CT molecular complexity index is 208. The standard InChI is InChI=1S/C11H23N3O/c1-11(2,9-12)14-7-10(8-14)13-3-5-15-6-4-13/h10H,3-9,12H2,1-2H3. The van der Waals surface area contributed by atoms with Gasteiger partial charge in [-0.3, -0.25) is 9.80 Å². The molecule has 2 N–H and O–H groups in total. The summed E-state index contributed by atoms with van der Waals surface area (Å²) in [5, 5.41) is 0. The number of nitrogens with two attached hydrogens (primary N) is 1. The summed E-state index contributed by atoms with van der Waals surface area (Å²) in [5.41, 5.74) is 5.93. The molecule has 2 rings (SSSR count). The summed E-state index contributed by atoms with van der Waals surface area (Å²) in [6.07, 6.45) is 0. The van der Waals surface area contributed by atoms with E-state index >= 15 is 0 Å². The number of morpholine rings is 1. The van der Waals surface area contributed by atoms with Crippen LogP contribution in [0.1, 0.15) is 13.8 Å². The quantitative estimate of drug-likeness (QED) is 0.701. The van der Waals surface area contributed by atoms with Crippen molar-refractivity contribution in [1.29, 1.82) is 0 Å². The summed E-state index contributed by atoms with van der Waals surface area (Å²) >= 11 is 0. The van der Waals surface area contributed by atoms with E-state index in [4.69, 9.17) is 10.5 Å². The molecule has 15 heavy (non-hydrogen) atoms. The van der Waals surface area contributed by atoms with E-state index in [9.17, 15) is 0 Å². The number of ether oxygens (including phenoxy) is 1. The van der Waals surface area contributed by atoms with Crippen LogP contribution in [-0.2, 0) is 4.74 Å². The highest BCUT2D eigenvalue weighted by molar-refractivity contribution is 4.96. The molecule has 0 aromatic rings. The second kappa shape index (κ2) is 4.37. The minimum atomic E-state index is 0.169. The first-order valence-electron chi connectivity index (χ1n) is 5.90. The van der Waals surface area contributed by atoms with E-state index in [2.05, 4.69) is 23.6 Å². The zero-order chi connectivity index (χ0) is 10.9. The van der Waals surface area contributed by atoms with E-state index in [0.717, 1.165) is 38.9 Å². The van der Waals surface area contributed by atoms with Gasteiger partial charge in [-0.25, -0.2) is 0 Å². The molecule has 0 aliphatic carbocycles. The molecule has 0 aromatic carbocycles. The molecule has 88 valence electrons. The summed E-state index contributed by atoms with van der Waals surface area (Å²) in [5.74, 6) is 0. The summed E-state index contributed by atoms with van der Waals surface area (Å²) in [6, 6.07) is 0.736. The summed E-state index contributed by atoms with van der Waals surface area (Å²) in [7, 11) is 0. The van der Waals surface area contributed by atoms with E-state index in [1.807, 2.05) is 0 Å². The van der Waals surface area contributed by atoms with Crippen molar-refractivity contribution < 1.29 is 4.74 Å². The molecule has 4 heteroatoms. The molecule has 2 aliphatic heterocycles. The molecular formula is C11H23N3O. The van der Waals surface area contributed by atoms with Gasteiger partial charge >= 0.3 is 0 Å². The zero-order valence-corrected chi connectivity index (χ0v) is 9.91. The normalized spacial score (nSPS) is 26.6. The Hall–Kier alpha value is -0.160. The molecule has 2 fully saturated rings. The lowest BCUT2D eigenvalue weighted by Gasteiger charge is -2.52. The minimum absolute atomic E-state index is 0.169. The van der Waals surface area contributed by atoms with Gasteiger partial charge in [0.1, 0.15) is 0 Å². The lowest BCUT2D eigenvalue weighted by atomic mass is 9.95. The van der Waals surface area contributed by atoms with Crippen molar-refractivity contribution in [2.45, 2.75) is 25.4 Å². The third-order valence-electron chi connectivity index (χ3n) is 3.78. The van der Waals surface area contributed by atoms with Crippen molar-refractivity contribution >= 4 is 0 Å². The lowest BCUT2D eigenvalue weighted by molar-refractivity contribution is -0.0615. The Kier molecular flexibility index (Phi) is 3.30. The highest BCUT2D eigenvalue weighted by atomic mass is 16.5. The first-order valence-corrected chi connectivity index (χ1v) is 5.90. The molecule has 0 aromatic heterocycles. The van der Waals surface area contributed by atoms with Gasteiger partial charge < -0.3 is 10.5 Å². The van der Waals surface area contributed by atoms with Crippen molar-refractivity contribution in [1.82, 2.24) is 9.80 Å². The van der Waals surface area contributed by atoms with Crippen molar-refractivity contribution in [3.05, 3.63) is 0 Å². The predicted octanol–water partition coefficient (Wildman–Crippen LogP) is -0.260. The smallest absolute Gasteiger partial charge is 0.0594 e. The van der Waals surface area contributed by atoms with E-state index in [-0.39, 0.29) is 5.54 Å². The van der Waals surface area contributed by atoms with Gasteiger partial charge in [0.15, 0.2) is 0 Å². The SMILES string of the molecule is CC(C)(CN)N1CC(N2CCOCC2)C1. The molecule has 4 nitrogen and oxygen atoms in total. The Morgan fingerprint density at radius 2 is 1.87 bits per heavy atom. The lowest BCUT2D eigenvalue weighted by Crippen LogP contribution is -2.67. The largest absolute Gasteiger partial charge is 0.379 e. The van der Waals surface area contributed by atoms with Crippen LogP contribution in [0.25, 0.3) is 0 Å². The van der Waals surface area contributed by atoms with Gasteiger partial charge in [-0.1, -0.05) is 0 Å². The second-order valence-electron chi connectivity index (χ2n) is 5.22. The average Bonchev–Trinajstić information content (AvgIpc) is 2.17. The van der Waals surface area contributed by atoms with Crippen molar-refractivity contribution in [3.63, 3.8) is 0 Å². The van der Waals surface area contributed by atoms with Gasteiger partial charge in [-0.05, 0) is 13.8 Å². The highest BCUT2D eigenvalue weighted by Crippen LogP contribution is 2.24. The van der Waals surface area contributed by atoms with Gasteiger partial charge in [0.2, 0.25) is 0 Å². The van der Waals surface area contributed by atoms with Gasteiger partial charge in [0, 0.05) is 44.3 Å². The number of likely N-dealkylation sites (tertiary alicyclic amines) is 1. The van der Waals surface area contributed by atoms with Crippen molar-refractivity contribution in [2.24, 2.45) is 5.73 Å². The molecule has 0 spiro atoms. The van der Waals surface area contributed by atoms with E-state index in [0.29, 0.717) is 0 Å². The van der Waals surface area contributed by atoms with Gasteiger partial charge in [0.25, 0.3) is 0 Å². The maximum absolute atomic E-state index is 5.77. The van der Waals surface area contributed by atoms with Crippen molar-refractivity contribution in [2.75, 3.05) is 45.9 Å². The van der Waals surface area contributed by atoms with Gasteiger partial charge in [-0.15, -0.1) is 0 Å². The molecule has 0 atom stereocenters. The van der Waals surface area contributed by atoms with Crippen LogP contribution >= 0.6 is 0 Å². The third-order valence-corrected chi connectivity index (χ3v) is 3.78. The maximum atomic E-state index is 5.77. The first kappa shape index (κ1) is 11.3. The minimum Gasteiger partial charge on any atom is -0.379 e. The zero-order valence-electron chi connectivity index (χ0n) is 9.91. The molecule has 2 heterocycles. The molecule has 2 saturated heterocycles. The highest BCUT2D eigenvalue weighted by Gasteiger charge is 2.39. The summed E-state index contributed by atoms with van der Waals surface area (Å²) < 4.78 is 5.36. The Balaban J connectivity index is 1.77. The van der Waals surface area contributed by atoms with Crippen LogP contribution in [0.4, 0.5) is 0 Å². The Morgan fingerprint density at radius 3 is 2.40 bits per heavy atom. The fourth-order valence-corrected chi connectivity index (χ4v) is 2.25. The second-order valence-corrected chi connectivity index (χ2v) is 5.22. The van der Waals surface area contributed by atoms with E-state index < -0.39 is 0 Å². The number of hydrogen-bond acceptors (Lipinski definition) is 4. The first-order chi connectivity index (χ1) is 7.13. The van der Waals surface area contributed by atoms with Crippen LogP contribution in [0, 0.1) is 0 Å². The average molecular weight is 213 g/mol. The number of hydrogen-bond donors (Lipinski definition) is 1. The monoisotopic (exact) mass is 213 g/mol. The predicted molar refractivity (Wildman–Crippen MR) is 60.9 cm³/mol. The van der Waals surface area contributed by atoms with E-state index in [1.54, 1.807) is 0 Å². The Labute approximate surface area is 92.4 Å². The molecule has 0 saturated carbocycles. The van der Waals surface area contributed by atoms with Crippen LogP contribution in [0.5, 0.6) is 0 Å².